The van der Waals surface area contributed by atoms with Crippen LogP contribution >= 0.6 is 0 Å². The minimum atomic E-state index is -0.717. The Morgan fingerprint density at radius 3 is 1.96 bits per heavy atom. The number of phenols is 2. The van der Waals surface area contributed by atoms with E-state index in [9.17, 15) is 19.8 Å². The third kappa shape index (κ3) is 2.01. The molecule has 0 saturated heterocycles. The minimum absolute atomic E-state index is 0.197. The molecule has 128 valence electrons. The Morgan fingerprint density at radius 2 is 1.46 bits per heavy atom. The second-order valence-electron chi connectivity index (χ2n) is 5.86. The molecule has 0 fully saturated rings. The van der Waals surface area contributed by atoms with Crippen LogP contribution in [0.5, 0.6) is 11.5 Å². The molecule has 3 rings (SSSR count). The van der Waals surface area contributed by atoms with Crippen LogP contribution in [0.15, 0.2) is 11.5 Å². The number of Topliss-reactive ketones (excluding diaryl/α,β-unsaturated/α-hetero) is 2. The van der Waals surface area contributed by atoms with Crippen molar-refractivity contribution >= 4 is 11.6 Å². The van der Waals surface area contributed by atoms with Gasteiger partial charge in [0.2, 0.25) is 23.1 Å². The van der Waals surface area contributed by atoms with Crippen LogP contribution in [0.3, 0.4) is 0 Å². The Bertz CT molecular complexity index is 791. The summed E-state index contributed by atoms with van der Waals surface area (Å²) in [5.74, 6) is -2.69. The van der Waals surface area contributed by atoms with Crippen LogP contribution in [0.2, 0.25) is 0 Å². The van der Waals surface area contributed by atoms with Crippen molar-refractivity contribution < 1.29 is 34.0 Å². The van der Waals surface area contributed by atoms with Gasteiger partial charge in [0.05, 0.1) is 37.6 Å². The van der Waals surface area contributed by atoms with Gasteiger partial charge in [-0.25, -0.2) is 0 Å². The third-order valence-corrected chi connectivity index (χ3v) is 4.41. The summed E-state index contributed by atoms with van der Waals surface area (Å²) in [6.45, 7) is 3.54. The first-order chi connectivity index (χ1) is 11.3. The second kappa shape index (κ2) is 5.52. The SMILES string of the molecule is COC1=C(OC)C(=O)c2c(O)c3c(c(O)c2C1=O)CC(C)OC3C. The van der Waals surface area contributed by atoms with Gasteiger partial charge in [-0.3, -0.25) is 9.59 Å². The molecule has 0 bridgehead atoms. The van der Waals surface area contributed by atoms with E-state index in [0.717, 1.165) is 0 Å². The zero-order chi connectivity index (χ0) is 17.8. The maximum absolute atomic E-state index is 12.7. The molecule has 0 aromatic heterocycles. The molecule has 7 nitrogen and oxygen atoms in total. The highest BCUT2D eigenvalue weighted by atomic mass is 16.5. The maximum Gasteiger partial charge on any atom is 0.236 e. The molecule has 1 aliphatic carbocycles. The summed E-state index contributed by atoms with van der Waals surface area (Å²) >= 11 is 0. The van der Waals surface area contributed by atoms with Crippen LogP contribution in [0.1, 0.15) is 51.8 Å². The smallest absolute Gasteiger partial charge is 0.236 e. The van der Waals surface area contributed by atoms with Gasteiger partial charge < -0.3 is 24.4 Å². The number of ether oxygens (including phenoxy) is 3. The molecule has 24 heavy (non-hydrogen) atoms. The first-order valence-electron chi connectivity index (χ1n) is 7.51. The van der Waals surface area contributed by atoms with E-state index < -0.39 is 17.7 Å². The standard InChI is InChI=1S/C17H18O7/c1-6-5-8-9(7(2)24-6)13(19)11-10(12(8)18)14(20)16(22-3)17(23-4)15(11)21/h6-7,18-19H,5H2,1-4H3. The number of allylic oxidation sites excluding steroid dienone is 2. The Balaban J connectivity index is 2.36. The van der Waals surface area contributed by atoms with Gasteiger partial charge >= 0.3 is 0 Å². The third-order valence-electron chi connectivity index (χ3n) is 4.41. The zero-order valence-electron chi connectivity index (χ0n) is 13.8. The number of aromatic hydroxyl groups is 2. The minimum Gasteiger partial charge on any atom is -0.507 e. The average Bonchev–Trinajstić information content (AvgIpc) is 2.53. The summed E-state index contributed by atoms with van der Waals surface area (Å²) in [6.07, 6.45) is -0.407. The summed E-state index contributed by atoms with van der Waals surface area (Å²) in [6, 6.07) is 0. The Kier molecular flexibility index (Phi) is 3.76. The highest BCUT2D eigenvalue weighted by Crippen LogP contribution is 2.48. The van der Waals surface area contributed by atoms with Crippen LogP contribution in [0.4, 0.5) is 0 Å². The van der Waals surface area contributed by atoms with Gasteiger partial charge in [-0.15, -0.1) is 0 Å². The van der Waals surface area contributed by atoms with Gasteiger partial charge in [0.15, 0.2) is 0 Å². The molecular weight excluding hydrogens is 316 g/mol. The molecule has 0 spiro atoms. The van der Waals surface area contributed by atoms with E-state index in [-0.39, 0.29) is 40.2 Å². The van der Waals surface area contributed by atoms with Crippen LogP contribution in [0.25, 0.3) is 0 Å². The normalized spacial score (nSPS) is 23.0. The van der Waals surface area contributed by atoms with Crippen LogP contribution < -0.4 is 0 Å². The van der Waals surface area contributed by atoms with E-state index in [1.54, 1.807) is 6.92 Å². The van der Waals surface area contributed by atoms with Crippen molar-refractivity contribution in [3.8, 4) is 11.5 Å². The van der Waals surface area contributed by atoms with Gasteiger partial charge in [0, 0.05) is 17.5 Å². The highest BCUT2D eigenvalue weighted by Gasteiger charge is 2.43. The molecule has 2 N–H and O–H groups in total. The van der Waals surface area contributed by atoms with Crippen molar-refractivity contribution in [1.82, 2.24) is 0 Å². The number of carbonyl (C=O) groups excluding carboxylic acids is 2. The molecule has 2 unspecified atom stereocenters. The lowest BCUT2D eigenvalue weighted by Gasteiger charge is -2.32. The summed E-state index contributed by atoms with van der Waals surface area (Å²) in [5, 5.41) is 21.3. The lowest BCUT2D eigenvalue weighted by molar-refractivity contribution is -0.00679. The fraction of sp³-hybridized carbons (Fsp3) is 0.412. The fourth-order valence-corrected chi connectivity index (χ4v) is 3.44. The number of hydrogen-bond donors (Lipinski definition) is 2. The van der Waals surface area contributed by atoms with E-state index in [1.807, 2.05) is 6.92 Å². The first kappa shape index (κ1) is 16.3. The zero-order valence-corrected chi connectivity index (χ0v) is 13.8. The number of benzene rings is 1. The number of hydrogen-bond acceptors (Lipinski definition) is 7. The van der Waals surface area contributed by atoms with Gasteiger partial charge in [-0.1, -0.05) is 0 Å². The van der Waals surface area contributed by atoms with Gasteiger partial charge in [-0.05, 0) is 13.8 Å². The monoisotopic (exact) mass is 334 g/mol. The Labute approximate surface area is 138 Å². The molecule has 1 aromatic rings. The van der Waals surface area contributed by atoms with E-state index in [4.69, 9.17) is 14.2 Å². The lowest BCUT2D eigenvalue weighted by atomic mass is 9.82. The molecule has 1 aliphatic heterocycles. The molecule has 1 heterocycles. The van der Waals surface area contributed by atoms with Crippen LogP contribution in [-0.4, -0.2) is 42.1 Å². The van der Waals surface area contributed by atoms with E-state index in [2.05, 4.69) is 0 Å². The molecule has 2 atom stereocenters. The van der Waals surface area contributed by atoms with Crippen LogP contribution in [0, 0.1) is 0 Å². The van der Waals surface area contributed by atoms with Crippen molar-refractivity contribution in [2.24, 2.45) is 0 Å². The molecule has 7 heteroatoms. The number of carbonyl (C=O) groups is 2. The maximum atomic E-state index is 12.7. The quantitative estimate of drug-likeness (QED) is 0.797. The largest absolute Gasteiger partial charge is 0.507 e. The molecule has 1 aromatic carbocycles. The Morgan fingerprint density at radius 1 is 0.958 bits per heavy atom. The number of ketones is 2. The molecule has 0 radical (unpaired) electrons. The number of phenolic OH excluding ortho intramolecular Hbond substituents is 2. The molecule has 0 saturated carbocycles. The summed E-state index contributed by atoms with van der Waals surface area (Å²) < 4.78 is 15.6. The van der Waals surface area contributed by atoms with Gasteiger partial charge in [0.25, 0.3) is 0 Å². The number of fused-ring (bicyclic) bond motifs is 2. The van der Waals surface area contributed by atoms with Crippen molar-refractivity contribution in [3.05, 3.63) is 33.8 Å². The highest BCUT2D eigenvalue weighted by molar-refractivity contribution is 6.27. The van der Waals surface area contributed by atoms with Gasteiger partial charge in [-0.2, -0.15) is 0 Å². The van der Waals surface area contributed by atoms with Crippen molar-refractivity contribution in [2.45, 2.75) is 32.5 Å². The van der Waals surface area contributed by atoms with Crippen molar-refractivity contribution in [1.29, 1.82) is 0 Å². The van der Waals surface area contributed by atoms with Crippen molar-refractivity contribution in [3.63, 3.8) is 0 Å². The lowest BCUT2D eigenvalue weighted by Crippen LogP contribution is -2.28. The topological polar surface area (TPSA) is 102 Å². The van der Waals surface area contributed by atoms with E-state index in [1.165, 1.54) is 14.2 Å². The molecular formula is C17H18O7. The van der Waals surface area contributed by atoms with Crippen LogP contribution in [-0.2, 0) is 20.6 Å². The fourth-order valence-electron chi connectivity index (χ4n) is 3.44. The average molecular weight is 334 g/mol. The summed E-state index contributed by atoms with van der Waals surface area (Å²) in [7, 11) is 2.46. The second-order valence-corrected chi connectivity index (χ2v) is 5.86. The molecule has 0 amide bonds. The van der Waals surface area contributed by atoms with E-state index >= 15 is 0 Å². The Hall–Kier alpha value is -2.54. The van der Waals surface area contributed by atoms with Gasteiger partial charge in [0.1, 0.15) is 11.5 Å². The molecule has 2 aliphatic rings. The predicted octanol–water partition coefficient (Wildman–Crippen LogP) is 2.00. The first-order valence-corrected chi connectivity index (χ1v) is 7.51. The number of methoxy groups -OCH3 is 2. The number of rotatable bonds is 2. The summed E-state index contributed by atoms with van der Waals surface area (Å²) in [4.78, 5) is 25.3. The van der Waals surface area contributed by atoms with Crippen molar-refractivity contribution in [2.75, 3.05) is 14.2 Å². The van der Waals surface area contributed by atoms with E-state index in [0.29, 0.717) is 17.5 Å². The predicted molar refractivity (Wildman–Crippen MR) is 82.1 cm³/mol. The summed E-state index contributed by atoms with van der Waals surface area (Å²) in [5.41, 5.74) is 0.200.